The summed E-state index contributed by atoms with van der Waals surface area (Å²) in [6, 6.07) is 8.70. The second kappa shape index (κ2) is 7.44. The summed E-state index contributed by atoms with van der Waals surface area (Å²) in [6.07, 6.45) is 2.06. The molecular weight excluding hydrogens is 298 g/mol. The molecule has 1 aromatic carbocycles. The van der Waals surface area contributed by atoms with Crippen LogP contribution in [0.3, 0.4) is 0 Å². The third-order valence-corrected chi connectivity index (χ3v) is 4.92. The van der Waals surface area contributed by atoms with Gasteiger partial charge in [0.2, 0.25) is 0 Å². The lowest BCUT2D eigenvalue weighted by molar-refractivity contribution is 0.0861. The molecule has 4 nitrogen and oxygen atoms in total. The van der Waals surface area contributed by atoms with Crippen LogP contribution in [0.25, 0.3) is 0 Å². The number of halogens is 1. The van der Waals surface area contributed by atoms with Crippen molar-refractivity contribution in [2.75, 3.05) is 39.8 Å². The van der Waals surface area contributed by atoms with E-state index in [0.717, 1.165) is 63.1 Å². The number of hydrogen-bond donors (Lipinski definition) is 0. The zero-order valence-corrected chi connectivity index (χ0v) is 13.9. The molecule has 22 heavy (non-hydrogen) atoms. The number of likely N-dealkylation sites (N-methyl/N-ethyl adjacent to an activating group) is 1. The molecule has 0 saturated carbocycles. The molecule has 1 aromatic rings. The Kier molecular flexibility index (Phi) is 5.34. The van der Waals surface area contributed by atoms with Gasteiger partial charge in [-0.2, -0.15) is 0 Å². The summed E-state index contributed by atoms with van der Waals surface area (Å²) in [5.41, 5.74) is 1.22. The van der Waals surface area contributed by atoms with Gasteiger partial charge in [-0.05, 0) is 25.1 Å². The maximum absolute atomic E-state index is 6.29. The molecule has 1 saturated heterocycles. The molecule has 1 atom stereocenters. The van der Waals surface area contributed by atoms with E-state index in [0.29, 0.717) is 6.04 Å². The Morgan fingerprint density at radius 3 is 2.95 bits per heavy atom. The van der Waals surface area contributed by atoms with Crippen LogP contribution in [0.2, 0.25) is 5.02 Å². The number of hydrogen-bond acceptors (Lipinski definition) is 4. The highest BCUT2D eigenvalue weighted by atomic mass is 35.5. The minimum Gasteiger partial charge on any atom is -0.479 e. The Morgan fingerprint density at radius 2 is 2.18 bits per heavy atom. The SMILES string of the molecule is CN1CCN(Cc2ccccc2Cl)CC1CCC1=NCCO1. The topological polar surface area (TPSA) is 28.1 Å². The molecule has 1 fully saturated rings. The summed E-state index contributed by atoms with van der Waals surface area (Å²) in [4.78, 5) is 9.35. The molecule has 120 valence electrons. The van der Waals surface area contributed by atoms with Crippen molar-refractivity contribution in [3.8, 4) is 0 Å². The number of rotatable bonds is 5. The molecule has 0 amide bonds. The molecule has 0 aromatic heterocycles. The van der Waals surface area contributed by atoms with E-state index in [-0.39, 0.29) is 0 Å². The summed E-state index contributed by atoms with van der Waals surface area (Å²) in [6.45, 7) is 5.79. The fourth-order valence-corrected chi connectivity index (χ4v) is 3.35. The highest BCUT2D eigenvalue weighted by Gasteiger charge is 2.25. The normalized spacial score (nSPS) is 23.4. The van der Waals surface area contributed by atoms with Gasteiger partial charge in [-0.3, -0.25) is 9.89 Å². The van der Waals surface area contributed by atoms with Gasteiger partial charge in [0.25, 0.3) is 0 Å². The zero-order valence-electron chi connectivity index (χ0n) is 13.2. The van der Waals surface area contributed by atoms with E-state index >= 15 is 0 Å². The lowest BCUT2D eigenvalue weighted by Crippen LogP contribution is -2.51. The predicted molar refractivity (Wildman–Crippen MR) is 90.6 cm³/mol. The Morgan fingerprint density at radius 1 is 1.32 bits per heavy atom. The van der Waals surface area contributed by atoms with Crippen molar-refractivity contribution in [3.63, 3.8) is 0 Å². The Bertz CT molecular complexity index is 534. The van der Waals surface area contributed by atoms with Crippen LogP contribution in [0.5, 0.6) is 0 Å². The Balaban J connectivity index is 1.54. The molecule has 0 bridgehead atoms. The van der Waals surface area contributed by atoms with Crippen LogP contribution >= 0.6 is 11.6 Å². The van der Waals surface area contributed by atoms with Crippen LogP contribution in [0, 0.1) is 0 Å². The summed E-state index contributed by atoms with van der Waals surface area (Å²) in [5.74, 6) is 0.941. The lowest BCUT2D eigenvalue weighted by Gasteiger charge is -2.39. The smallest absolute Gasteiger partial charge is 0.183 e. The van der Waals surface area contributed by atoms with Crippen LogP contribution in [0.15, 0.2) is 29.3 Å². The average molecular weight is 322 g/mol. The number of piperazine rings is 1. The first kappa shape index (κ1) is 15.8. The first-order valence-electron chi connectivity index (χ1n) is 8.04. The van der Waals surface area contributed by atoms with Crippen molar-refractivity contribution < 1.29 is 4.74 Å². The second-order valence-electron chi connectivity index (χ2n) is 6.12. The molecule has 1 unspecified atom stereocenters. The molecule has 0 radical (unpaired) electrons. The van der Waals surface area contributed by atoms with Gasteiger partial charge in [-0.25, -0.2) is 0 Å². The second-order valence-corrected chi connectivity index (χ2v) is 6.53. The summed E-state index contributed by atoms with van der Waals surface area (Å²) >= 11 is 6.29. The Hall–Kier alpha value is -1.10. The molecule has 2 aliphatic rings. The van der Waals surface area contributed by atoms with Gasteiger partial charge in [0, 0.05) is 43.7 Å². The molecule has 2 aliphatic heterocycles. The van der Waals surface area contributed by atoms with Crippen molar-refractivity contribution in [3.05, 3.63) is 34.9 Å². The van der Waals surface area contributed by atoms with Crippen molar-refractivity contribution in [2.24, 2.45) is 4.99 Å². The van der Waals surface area contributed by atoms with Crippen LogP contribution in [0.1, 0.15) is 18.4 Å². The number of ether oxygens (including phenoxy) is 1. The third-order valence-electron chi connectivity index (χ3n) is 4.55. The van der Waals surface area contributed by atoms with Crippen LogP contribution < -0.4 is 0 Å². The monoisotopic (exact) mass is 321 g/mol. The number of nitrogens with zero attached hydrogens (tertiary/aromatic N) is 3. The number of benzene rings is 1. The third kappa shape index (κ3) is 4.00. The quantitative estimate of drug-likeness (QED) is 0.834. The predicted octanol–water partition coefficient (Wildman–Crippen LogP) is 2.66. The maximum Gasteiger partial charge on any atom is 0.183 e. The van der Waals surface area contributed by atoms with Gasteiger partial charge < -0.3 is 9.64 Å². The zero-order chi connectivity index (χ0) is 15.4. The van der Waals surface area contributed by atoms with Gasteiger partial charge >= 0.3 is 0 Å². The van der Waals surface area contributed by atoms with Gasteiger partial charge in [0.1, 0.15) is 6.61 Å². The van der Waals surface area contributed by atoms with Gasteiger partial charge in [0.05, 0.1) is 6.54 Å². The highest BCUT2D eigenvalue weighted by Crippen LogP contribution is 2.20. The van der Waals surface area contributed by atoms with Crippen molar-refractivity contribution in [2.45, 2.75) is 25.4 Å². The van der Waals surface area contributed by atoms with Crippen molar-refractivity contribution >= 4 is 17.5 Å². The van der Waals surface area contributed by atoms with E-state index in [1.807, 2.05) is 12.1 Å². The molecule has 2 heterocycles. The fraction of sp³-hybridized carbons (Fsp3) is 0.588. The van der Waals surface area contributed by atoms with E-state index < -0.39 is 0 Å². The van der Waals surface area contributed by atoms with Gasteiger partial charge in [0.15, 0.2) is 5.90 Å². The van der Waals surface area contributed by atoms with Gasteiger partial charge in [-0.1, -0.05) is 29.8 Å². The van der Waals surface area contributed by atoms with Crippen LogP contribution in [-0.4, -0.2) is 61.6 Å². The van der Waals surface area contributed by atoms with E-state index in [2.05, 4.69) is 34.0 Å². The first-order chi connectivity index (χ1) is 10.7. The largest absolute Gasteiger partial charge is 0.479 e. The highest BCUT2D eigenvalue weighted by molar-refractivity contribution is 6.31. The van der Waals surface area contributed by atoms with E-state index in [9.17, 15) is 0 Å². The van der Waals surface area contributed by atoms with Crippen LogP contribution in [-0.2, 0) is 11.3 Å². The minimum absolute atomic E-state index is 0.558. The first-order valence-corrected chi connectivity index (χ1v) is 8.42. The maximum atomic E-state index is 6.29. The minimum atomic E-state index is 0.558. The summed E-state index contributed by atoms with van der Waals surface area (Å²) < 4.78 is 5.52. The lowest BCUT2D eigenvalue weighted by atomic mass is 10.1. The standard InChI is InChI=1S/C17H24ClN3O/c1-20-9-10-21(12-14-4-2-3-5-16(14)18)13-15(20)6-7-17-19-8-11-22-17/h2-5,15H,6-13H2,1H3. The molecular formula is C17H24ClN3O. The van der Waals surface area contributed by atoms with E-state index in [4.69, 9.17) is 16.3 Å². The summed E-state index contributed by atoms with van der Waals surface area (Å²) in [5, 5.41) is 0.867. The van der Waals surface area contributed by atoms with Crippen LogP contribution in [0.4, 0.5) is 0 Å². The van der Waals surface area contributed by atoms with Crippen molar-refractivity contribution in [1.29, 1.82) is 0 Å². The molecule has 0 aliphatic carbocycles. The van der Waals surface area contributed by atoms with E-state index in [1.54, 1.807) is 0 Å². The van der Waals surface area contributed by atoms with Crippen molar-refractivity contribution in [1.82, 2.24) is 9.80 Å². The Labute approximate surface area is 137 Å². The number of aliphatic imine (C=N–C) groups is 1. The molecule has 3 rings (SSSR count). The summed E-state index contributed by atoms with van der Waals surface area (Å²) in [7, 11) is 2.22. The van der Waals surface area contributed by atoms with E-state index in [1.165, 1.54) is 5.56 Å². The average Bonchev–Trinajstić information content (AvgIpc) is 3.03. The van der Waals surface area contributed by atoms with Gasteiger partial charge in [-0.15, -0.1) is 0 Å². The molecule has 0 spiro atoms. The molecule has 5 heteroatoms. The molecule has 0 N–H and O–H groups in total. The fourth-order valence-electron chi connectivity index (χ4n) is 3.15.